The Balaban J connectivity index is 1.58. The number of ether oxygens (including phenoxy) is 1. The number of sulfonamides is 1. The van der Waals surface area contributed by atoms with Gasteiger partial charge < -0.3 is 10.1 Å². The summed E-state index contributed by atoms with van der Waals surface area (Å²) in [6, 6.07) is 16.6. The number of hydrogen-bond acceptors (Lipinski definition) is 4. The molecule has 0 fully saturated rings. The highest BCUT2D eigenvalue weighted by molar-refractivity contribution is 7.91. The minimum Gasteiger partial charge on any atom is -0.454 e. The second-order valence-electron chi connectivity index (χ2n) is 6.75. The van der Waals surface area contributed by atoms with Crippen molar-refractivity contribution in [2.75, 3.05) is 10.0 Å². The zero-order valence-corrected chi connectivity index (χ0v) is 17.0. The largest absolute Gasteiger partial charge is 0.454 e. The first kappa shape index (κ1) is 19.3. The Hall–Kier alpha value is -3.03. The minimum absolute atomic E-state index is 0.214. The SMILES string of the molecule is Cc1ccc2c(c1)NC(=O)c1cc(NS(=O)(=O)Cc3ccc(Cl)cc3)ccc1O2. The van der Waals surface area contributed by atoms with Crippen molar-refractivity contribution in [2.45, 2.75) is 12.7 Å². The lowest BCUT2D eigenvalue weighted by atomic mass is 10.1. The molecule has 0 aromatic heterocycles. The first-order valence-corrected chi connectivity index (χ1v) is 10.8. The molecule has 3 aromatic rings. The number of nitrogens with one attached hydrogen (secondary N) is 2. The van der Waals surface area contributed by atoms with Crippen molar-refractivity contribution in [1.29, 1.82) is 0 Å². The van der Waals surface area contributed by atoms with Gasteiger partial charge in [-0.3, -0.25) is 9.52 Å². The summed E-state index contributed by atoms with van der Waals surface area (Å²) in [5.74, 6) is 0.293. The van der Waals surface area contributed by atoms with Gasteiger partial charge in [0.2, 0.25) is 10.0 Å². The van der Waals surface area contributed by atoms with Gasteiger partial charge in [0.25, 0.3) is 5.91 Å². The fraction of sp³-hybridized carbons (Fsp3) is 0.0952. The van der Waals surface area contributed by atoms with Gasteiger partial charge in [-0.2, -0.15) is 0 Å². The number of anilines is 2. The molecule has 0 spiro atoms. The molecule has 4 rings (SSSR count). The molecule has 148 valence electrons. The molecule has 1 amide bonds. The van der Waals surface area contributed by atoms with Crippen LogP contribution in [-0.4, -0.2) is 14.3 Å². The molecule has 29 heavy (non-hydrogen) atoms. The maximum atomic E-state index is 12.6. The van der Waals surface area contributed by atoms with Gasteiger partial charge in [-0.15, -0.1) is 0 Å². The van der Waals surface area contributed by atoms with Gasteiger partial charge >= 0.3 is 0 Å². The number of carbonyl (C=O) groups is 1. The first-order valence-electron chi connectivity index (χ1n) is 8.78. The molecule has 8 heteroatoms. The third-order valence-corrected chi connectivity index (χ3v) is 5.88. The van der Waals surface area contributed by atoms with Gasteiger partial charge in [-0.05, 0) is 60.5 Å². The van der Waals surface area contributed by atoms with Gasteiger partial charge in [0, 0.05) is 10.7 Å². The first-order chi connectivity index (χ1) is 13.8. The van der Waals surface area contributed by atoms with Crippen molar-refractivity contribution >= 4 is 38.9 Å². The van der Waals surface area contributed by atoms with Crippen molar-refractivity contribution in [3.63, 3.8) is 0 Å². The number of halogens is 1. The van der Waals surface area contributed by atoms with Crippen LogP contribution in [0.25, 0.3) is 0 Å². The standard InChI is InChI=1S/C21H17ClN2O4S/c1-13-2-8-20-18(10-13)23-21(25)17-11-16(7-9-19(17)28-20)24-29(26,27)12-14-3-5-15(22)6-4-14/h2-11,24H,12H2,1H3,(H,23,25). The number of hydrogen-bond donors (Lipinski definition) is 2. The lowest BCUT2D eigenvalue weighted by Gasteiger charge is -2.11. The van der Waals surface area contributed by atoms with E-state index in [4.69, 9.17) is 16.3 Å². The van der Waals surface area contributed by atoms with Gasteiger partial charge in [-0.25, -0.2) is 8.42 Å². The van der Waals surface area contributed by atoms with Crippen LogP contribution in [0.5, 0.6) is 11.5 Å². The second-order valence-corrected chi connectivity index (χ2v) is 8.91. The van der Waals surface area contributed by atoms with Crippen LogP contribution in [-0.2, 0) is 15.8 Å². The van der Waals surface area contributed by atoms with E-state index in [0.29, 0.717) is 27.8 Å². The Morgan fingerprint density at radius 2 is 1.72 bits per heavy atom. The van der Waals surface area contributed by atoms with E-state index in [1.54, 1.807) is 42.5 Å². The molecule has 0 radical (unpaired) electrons. The van der Waals surface area contributed by atoms with Crippen molar-refractivity contribution in [2.24, 2.45) is 0 Å². The highest BCUT2D eigenvalue weighted by Crippen LogP contribution is 2.37. The predicted octanol–water partition coefficient (Wildman–Crippen LogP) is 4.95. The predicted molar refractivity (Wildman–Crippen MR) is 113 cm³/mol. The number of rotatable bonds is 4. The number of amides is 1. The van der Waals surface area contributed by atoms with Gasteiger partial charge in [0.15, 0.2) is 5.75 Å². The Kier molecular flexibility index (Phi) is 4.94. The van der Waals surface area contributed by atoms with Crippen LogP contribution >= 0.6 is 11.6 Å². The topological polar surface area (TPSA) is 84.5 Å². The van der Waals surface area contributed by atoms with E-state index >= 15 is 0 Å². The number of aryl methyl sites for hydroxylation is 1. The maximum absolute atomic E-state index is 12.6. The van der Waals surface area contributed by atoms with Crippen LogP contribution in [0.1, 0.15) is 21.5 Å². The quantitative estimate of drug-likeness (QED) is 0.615. The fourth-order valence-corrected chi connectivity index (χ4v) is 4.33. The lowest BCUT2D eigenvalue weighted by molar-refractivity contribution is 0.102. The highest BCUT2D eigenvalue weighted by atomic mass is 35.5. The van der Waals surface area contributed by atoms with Crippen LogP contribution in [0.2, 0.25) is 5.02 Å². The number of fused-ring (bicyclic) bond motifs is 2. The summed E-state index contributed by atoms with van der Waals surface area (Å²) in [7, 11) is -3.68. The van der Waals surface area contributed by atoms with E-state index in [-0.39, 0.29) is 22.9 Å². The molecular formula is C21H17ClN2O4S. The zero-order valence-electron chi connectivity index (χ0n) is 15.4. The zero-order chi connectivity index (χ0) is 20.6. The van der Waals surface area contributed by atoms with Gasteiger partial charge in [0.1, 0.15) is 5.75 Å². The summed E-state index contributed by atoms with van der Waals surface area (Å²) in [5.41, 5.74) is 2.66. The fourth-order valence-electron chi connectivity index (χ4n) is 3.01. The molecule has 1 aliphatic heterocycles. The van der Waals surface area contributed by atoms with Crippen LogP contribution in [0.3, 0.4) is 0 Å². The van der Waals surface area contributed by atoms with E-state index < -0.39 is 10.0 Å². The molecule has 1 aliphatic rings. The Labute approximate surface area is 173 Å². The van der Waals surface area contributed by atoms with E-state index in [1.165, 1.54) is 6.07 Å². The molecule has 0 saturated heterocycles. The molecule has 6 nitrogen and oxygen atoms in total. The molecule has 0 atom stereocenters. The summed E-state index contributed by atoms with van der Waals surface area (Å²) in [6.45, 7) is 1.91. The summed E-state index contributed by atoms with van der Waals surface area (Å²) in [6.07, 6.45) is 0. The summed E-state index contributed by atoms with van der Waals surface area (Å²) in [4.78, 5) is 12.6. The minimum atomic E-state index is -3.68. The van der Waals surface area contributed by atoms with Crippen molar-refractivity contribution in [1.82, 2.24) is 0 Å². The summed E-state index contributed by atoms with van der Waals surface area (Å²) >= 11 is 5.83. The third-order valence-electron chi connectivity index (χ3n) is 4.37. The average Bonchev–Trinajstić information content (AvgIpc) is 2.79. The van der Waals surface area contributed by atoms with Gasteiger partial charge in [-0.1, -0.05) is 29.8 Å². The lowest BCUT2D eigenvalue weighted by Crippen LogP contribution is -2.16. The normalized spacial score (nSPS) is 12.8. The molecule has 0 saturated carbocycles. The average molecular weight is 429 g/mol. The molecule has 0 bridgehead atoms. The van der Waals surface area contributed by atoms with Gasteiger partial charge in [0.05, 0.1) is 17.0 Å². The Bertz CT molecular complexity index is 1210. The number of benzene rings is 3. The molecule has 0 unspecified atom stereocenters. The van der Waals surface area contributed by atoms with Crippen LogP contribution in [0.15, 0.2) is 60.7 Å². The van der Waals surface area contributed by atoms with Crippen molar-refractivity contribution in [3.05, 3.63) is 82.4 Å². The molecule has 2 N–H and O–H groups in total. The number of carbonyl (C=O) groups excluding carboxylic acids is 1. The van der Waals surface area contributed by atoms with Crippen molar-refractivity contribution in [3.8, 4) is 11.5 Å². The molecule has 0 aliphatic carbocycles. The molecular weight excluding hydrogens is 412 g/mol. The Morgan fingerprint density at radius 1 is 1.00 bits per heavy atom. The van der Waals surface area contributed by atoms with E-state index in [9.17, 15) is 13.2 Å². The molecule has 3 aromatic carbocycles. The van der Waals surface area contributed by atoms with E-state index in [0.717, 1.165) is 5.56 Å². The van der Waals surface area contributed by atoms with E-state index in [2.05, 4.69) is 10.0 Å². The van der Waals surface area contributed by atoms with Crippen LogP contribution in [0, 0.1) is 6.92 Å². The third kappa shape index (κ3) is 4.36. The molecule has 1 heterocycles. The smallest absolute Gasteiger partial charge is 0.259 e. The maximum Gasteiger partial charge on any atom is 0.259 e. The van der Waals surface area contributed by atoms with E-state index in [1.807, 2.05) is 19.1 Å². The van der Waals surface area contributed by atoms with Crippen LogP contribution in [0.4, 0.5) is 11.4 Å². The highest BCUT2D eigenvalue weighted by Gasteiger charge is 2.22. The van der Waals surface area contributed by atoms with Crippen LogP contribution < -0.4 is 14.8 Å². The van der Waals surface area contributed by atoms with Crippen molar-refractivity contribution < 1.29 is 17.9 Å². The summed E-state index contributed by atoms with van der Waals surface area (Å²) in [5, 5.41) is 3.34. The Morgan fingerprint density at radius 3 is 2.48 bits per heavy atom. The second kappa shape index (κ2) is 7.42. The summed E-state index contributed by atoms with van der Waals surface area (Å²) < 4.78 is 33.4. The monoisotopic (exact) mass is 428 g/mol.